The number of nitrogens with zero attached hydrogens (tertiary/aromatic N) is 1. The van der Waals surface area contributed by atoms with Crippen LogP contribution in [0.25, 0.3) is 0 Å². The number of halogens is 2. The van der Waals surface area contributed by atoms with Crippen LogP contribution in [0.2, 0.25) is 5.02 Å². The molecule has 20 heavy (non-hydrogen) atoms. The van der Waals surface area contributed by atoms with Gasteiger partial charge in [0.25, 0.3) is 0 Å². The van der Waals surface area contributed by atoms with E-state index in [-0.39, 0.29) is 18.3 Å². The van der Waals surface area contributed by atoms with Gasteiger partial charge in [0.1, 0.15) is 0 Å². The molecule has 5 heteroatoms. The van der Waals surface area contributed by atoms with Crippen molar-refractivity contribution in [3.05, 3.63) is 34.9 Å². The minimum absolute atomic E-state index is 0. The van der Waals surface area contributed by atoms with Crippen LogP contribution in [0.5, 0.6) is 0 Å². The molecule has 0 bridgehead atoms. The maximum absolute atomic E-state index is 12.3. The SMILES string of the molecule is CCN(Cc1ccccc1Cl)C(=O)[C@@H](N)CC(C)C.Cl. The lowest BCUT2D eigenvalue weighted by atomic mass is 10.0. The first-order chi connectivity index (χ1) is 8.95. The van der Waals surface area contributed by atoms with Crippen LogP contribution in [0.4, 0.5) is 0 Å². The third-order valence-corrected chi connectivity index (χ3v) is 3.42. The monoisotopic (exact) mass is 318 g/mol. The first kappa shape index (κ1) is 19.2. The van der Waals surface area contributed by atoms with E-state index >= 15 is 0 Å². The first-order valence-corrected chi connectivity index (χ1v) is 7.11. The van der Waals surface area contributed by atoms with E-state index in [1.54, 1.807) is 4.90 Å². The zero-order valence-corrected chi connectivity index (χ0v) is 13.9. The number of likely N-dealkylation sites (N-methyl/N-ethyl adjacent to an activating group) is 1. The lowest BCUT2D eigenvalue weighted by Gasteiger charge is -2.25. The number of amides is 1. The predicted octanol–water partition coefficient (Wildman–Crippen LogP) is 3.48. The fraction of sp³-hybridized carbons (Fsp3) is 0.533. The third-order valence-electron chi connectivity index (χ3n) is 3.05. The summed E-state index contributed by atoms with van der Waals surface area (Å²) < 4.78 is 0. The van der Waals surface area contributed by atoms with E-state index in [1.807, 2.05) is 31.2 Å². The maximum Gasteiger partial charge on any atom is 0.239 e. The Balaban J connectivity index is 0.00000361. The summed E-state index contributed by atoms with van der Waals surface area (Å²) in [6.45, 7) is 7.24. The molecule has 3 nitrogen and oxygen atoms in total. The number of nitrogens with two attached hydrogens (primary N) is 1. The average Bonchev–Trinajstić information content (AvgIpc) is 2.36. The lowest BCUT2D eigenvalue weighted by molar-refractivity contribution is -0.133. The Morgan fingerprint density at radius 3 is 2.45 bits per heavy atom. The first-order valence-electron chi connectivity index (χ1n) is 6.73. The summed E-state index contributed by atoms with van der Waals surface area (Å²) >= 11 is 6.12. The number of rotatable bonds is 6. The molecule has 1 rings (SSSR count). The van der Waals surface area contributed by atoms with Crippen molar-refractivity contribution in [1.82, 2.24) is 4.90 Å². The highest BCUT2D eigenvalue weighted by Gasteiger charge is 2.21. The van der Waals surface area contributed by atoms with E-state index in [4.69, 9.17) is 17.3 Å². The van der Waals surface area contributed by atoms with Gasteiger partial charge in [0, 0.05) is 18.1 Å². The molecule has 0 unspecified atom stereocenters. The fourth-order valence-corrected chi connectivity index (χ4v) is 2.22. The van der Waals surface area contributed by atoms with Crippen LogP contribution in [0.3, 0.4) is 0 Å². The summed E-state index contributed by atoms with van der Waals surface area (Å²) in [6, 6.07) is 7.15. The van der Waals surface area contributed by atoms with Crippen molar-refractivity contribution in [2.45, 2.75) is 39.8 Å². The smallest absolute Gasteiger partial charge is 0.239 e. The molecule has 0 fully saturated rings. The molecule has 0 aliphatic rings. The predicted molar refractivity (Wildman–Crippen MR) is 87.2 cm³/mol. The Bertz CT molecular complexity index is 424. The fourth-order valence-electron chi connectivity index (χ4n) is 2.02. The second kappa shape index (κ2) is 9.22. The molecule has 0 heterocycles. The number of carbonyl (C=O) groups excluding carboxylic acids is 1. The second-order valence-electron chi connectivity index (χ2n) is 5.18. The van der Waals surface area contributed by atoms with Gasteiger partial charge in [-0.15, -0.1) is 12.4 Å². The van der Waals surface area contributed by atoms with E-state index in [2.05, 4.69) is 13.8 Å². The van der Waals surface area contributed by atoms with Gasteiger partial charge in [0.2, 0.25) is 5.91 Å². The number of carbonyl (C=O) groups is 1. The van der Waals surface area contributed by atoms with Crippen LogP contribution in [-0.4, -0.2) is 23.4 Å². The molecule has 0 radical (unpaired) electrons. The van der Waals surface area contributed by atoms with Crippen molar-refractivity contribution < 1.29 is 4.79 Å². The van der Waals surface area contributed by atoms with Crippen molar-refractivity contribution in [1.29, 1.82) is 0 Å². The Morgan fingerprint density at radius 1 is 1.35 bits per heavy atom. The summed E-state index contributed by atoms with van der Waals surface area (Å²) in [5.41, 5.74) is 6.92. The Morgan fingerprint density at radius 2 is 1.95 bits per heavy atom. The lowest BCUT2D eigenvalue weighted by Crippen LogP contribution is -2.44. The number of hydrogen-bond acceptors (Lipinski definition) is 2. The molecule has 0 aliphatic heterocycles. The minimum Gasteiger partial charge on any atom is -0.337 e. The molecule has 0 aliphatic carbocycles. The van der Waals surface area contributed by atoms with Crippen molar-refractivity contribution >= 4 is 29.9 Å². The van der Waals surface area contributed by atoms with Gasteiger partial charge in [-0.25, -0.2) is 0 Å². The maximum atomic E-state index is 12.3. The van der Waals surface area contributed by atoms with Gasteiger partial charge in [-0.2, -0.15) is 0 Å². The standard InChI is InChI=1S/C15H23ClN2O.ClH/c1-4-18(15(19)14(17)9-11(2)3)10-12-7-5-6-8-13(12)16;/h5-8,11,14H,4,9-10,17H2,1-3H3;1H/t14-;/m0./s1. The molecular weight excluding hydrogens is 295 g/mol. The topological polar surface area (TPSA) is 46.3 Å². The van der Waals surface area contributed by atoms with Crippen LogP contribution in [-0.2, 0) is 11.3 Å². The third kappa shape index (κ3) is 5.70. The van der Waals surface area contributed by atoms with Crippen LogP contribution in [0.1, 0.15) is 32.8 Å². The molecule has 0 saturated carbocycles. The highest BCUT2D eigenvalue weighted by molar-refractivity contribution is 6.31. The van der Waals surface area contributed by atoms with E-state index < -0.39 is 6.04 Å². The summed E-state index contributed by atoms with van der Waals surface area (Å²) in [6.07, 6.45) is 0.706. The second-order valence-corrected chi connectivity index (χ2v) is 5.59. The van der Waals surface area contributed by atoms with Gasteiger partial charge in [-0.05, 0) is 30.9 Å². The summed E-state index contributed by atoms with van der Waals surface area (Å²) in [4.78, 5) is 14.0. The number of benzene rings is 1. The molecule has 1 atom stereocenters. The Hall–Kier alpha value is -0.770. The van der Waals surface area contributed by atoms with Gasteiger partial charge in [-0.3, -0.25) is 4.79 Å². The van der Waals surface area contributed by atoms with Crippen LogP contribution in [0, 0.1) is 5.92 Å². The molecule has 0 spiro atoms. The largest absolute Gasteiger partial charge is 0.337 e. The minimum atomic E-state index is -0.428. The van der Waals surface area contributed by atoms with Crippen molar-refractivity contribution in [3.63, 3.8) is 0 Å². The normalized spacial score (nSPS) is 11.9. The summed E-state index contributed by atoms with van der Waals surface area (Å²) in [5, 5.41) is 0.686. The van der Waals surface area contributed by atoms with Gasteiger partial charge in [0.15, 0.2) is 0 Å². The molecule has 114 valence electrons. The van der Waals surface area contributed by atoms with Gasteiger partial charge >= 0.3 is 0 Å². The zero-order chi connectivity index (χ0) is 14.4. The van der Waals surface area contributed by atoms with E-state index in [1.165, 1.54) is 0 Å². The summed E-state index contributed by atoms with van der Waals surface area (Å²) in [5.74, 6) is 0.411. The Kier molecular flexibility index (Phi) is 8.86. The van der Waals surface area contributed by atoms with Crippen molar-refractivity contribution in [2.75, 3.05) is 6.54 Å². The summed E-state index contributed by atoms with van der Waals surface area (Å²) in [7, 11) is 0. The molecule has 1 aromatic carbocycles. The van der Waals surface area contributed by atoms with Crippen LogP contribution < -0.4 is 5.73 Å². The van der Waals surface area contributed by atoms with Crippen molar-refractivity contribution in [3.8, 4) is 0 Å². The quantitative estimate of drug-likeness (QED) is 0.872. The van der Waals surface area contributed by atoms with Crippen LogP contribution >= 0.6 is 24.0 Å². The number of hydrogen-bond donors (Lipinski definition) is 1. The van der Waals surface area contributed by atoms with E-state index in [0.717, 1.165) is 5.56 Å². The average molecular weight is 319 g/mol. The van der Waals surface area contributed by atoms with Crippen molar-refractivity contribution in [2.24, 2.45) is 11.7 Å². The molecular formula is C15H24Cl2N2O. The van der Waals surface area contributed by atoms with Crippen LogP contribution in [0.15, 0.2) is 24.3 Å². The highest BCUT2D eigenvalue weighted by Crippen LogP contribution is 2.17. The van der Waals surface area contributed by atoms with E-state index in [0.29, 0.717) is 30.5 Å². The molecule has 0 aromatic heterocycles. The van der Waals surface area contributed by atoms with Gasteiger partial charge < -0.3 is 10.6 Å². The van der Waals surface area contributed by atoms with Gasteiger partial charge in [-0.1, -0.05) is 43.6 Å². The Labute approximate surface area is 132 Å². The van der Waals surface area contributed by atoms with Gasteiger partial charge in [0.05, 0.1) is 6.04 Å². The molecule has 1 amide bonds. The van der Waals surface area contributed by atoms with E-state index in [9.17, 15) is 4.79 Å². The molecule has 0 saturated heterocycles. The zero-order valence-electron chi connectivity index (χ0n) is 12.3. The molecule has 2 N–H and O–H groups in total. The highest BCUT2D eigenvalue weighted by atomic mass is 35.5. The molecule has 1 aromatic rings.